The first-order valence-electron chi connectivity index (χ1n) is 10.9. The molecule has 1 aromatic heterocycles. The lowest BCUT2D eigenvalue weighted by atomic mass is 9.89. The Morgan fingerprint density at radius 2 is 1.53 bits per heavy atom. The first-order valence-corrected chi connectivity index (χ1v) is 13.3. The van der Waals surface area contributed by atoms with Crippen LogP contribution >= 0.6 is 11.3 Å². The van der Waals surface area contributed by atoms with Gasteiger partial charge in [-0.3, -0.25) is 0 Å². The molecule has 7 heteroatoms. The summed E-state index contributed by atoms with van der Waals surface area (Å²) in [5.41, 5.74) is 3.78. The fourth-order valence-electron chi connectivity index (χ4n) is 3.49. The lowest BCUT2D eigenvalue weighted by Gasteiger charge is -2.23. The van der Waals surface area contributed by atoms with Gasteiger partial charge in [-0.25, -0.2) is 18.1 Å². The van der Waals surface area contributed by atoms with Crippen LogP contribution in [0.15, 0.2) is 52.9 Å². The van der Waals surface area contributed by atoms with Crippen molar-refractivity contribution in [2.75, 3.05) is 0 Å². The highest BCUT2D eigenvalue weighted by Gasteiger charge is 2.26. The van der Waals surface area contributed by atoms with Crippen LogP contribution in [0.5, 0.6) is 10.9 Å². The van der Waals surface area contributed by atoms with Gasteiger partial charge in [-0.15, -0.1) is 0 Å². The summed E-state index contributed by atoms with van der Waals surface area (Å²) in [5.74, 6) is 1.19. The molecule has 3 aromatic rings. The van der Waals surface area contributed by atoms with Crippen LogP contribution < -0.4 is 9.46 Å². The summed E-state index contributed by atoms with van der Waals surface area (Å²) in [5, 5.41) is 2.42. The highest BCUT2D eigenvalue weighted by atomic mass is 32.2. The standard InChI is InChI=1S/C25H32N2O3S2/c1-16(2)20-13-22(17(3)4)24(23(14-20)18(5)6)32(28,29)27-15-19-7-9-21(10-8-19)30-25-26-11-12-31-25/h7-14,16-18,27H,15H2,1-6H3. The highest BCUT2D eigenvalue weighted by Crippen LogP contribution is 2.35. The molecule has 0 aliphatic heterocycles. The Morgan fingerprint density at radius 3 is 2.00 bits per heavy atom. The minimum absolute atomic E-state index is 0.0973. The molecule has 5 nitrogen and oxygen atoms in total. The van der Waals surface area contributed by atoms with Crippen molar-refractivity contribution in [2.45, 2.75) is 70.7 Å². The maximum atomic E-state index is 13.5. The van der Waals surface area contributed by atoms with Crippen LogP contribution in [0.3, 0.4) is 0 Å². The van der Waals surface area contributed by atoms with E-state index in [9.17, 15) is 8.42 Å². The molecule has 0 aliphatic rings. The van der Waals surface area contributed by atoms with Crippen molar-refractivity contribution in [1.29, 1.82) is 0 Å². The number of ether oxygens (including phenoxy) is 1. The van der Waals surface area contributed by atoms with Gasteiger partial charge in [0.15, 0.2) is 0 Å². The first-order chi connectivity index (χ1) is 15.1. The molecular formula is C25H32N2O3S2. The Labute approximate surface area is 195 Å². The maximum absolute atomic E-state index is 13.5. The summed E-state index contributed by atoms with van der Waals surface area (Å²) in [6.45, 7) is 12.7. The summed E-state index contributed by atoms with van der Waals surface area (Å²) in [6.07, 6.45) is 1.69. The van der Waals surface area contributed by atoms with E-state index < -0.39 is 10.0 Å². The van der Waals surface area contributed by atoms with E-state index in [2.05, 4.69) is 35.7 Å². The van der Waals surface area contributed by atoms with E-state index in [0.717, 1.165) is 16.7 Å². The number of rotatable bonds is 9. The van der Waals surface area contributed by atoms with E-state index in [4.69, 9.17) is 4.74 Å². The van der Waals surface area contributed by atoms with E-state index in [1.165, 1.54) is 16.9 Å². The van der Waals surface area contributed by atoms with Crippen molar-refractivity contribution in [1.82, 2.24) is 9.71 Å². The van der Waals surface area contributed by atoms with Crippen molar-refractivity contribution < 1.29 is 13.2 Å². The van der Waals surface area contributed by atoms with Crippen LogP contribution in [0.25, 0.3) is 0 Å². The fraction of sp³-hybridized carbons (Fsp3) is 0.400. The Kier molecular flexibility index (Phi) is 7.75. The Hall–Kier alpha value is -2.22. The van der Waals surface area contributed by atoms with E-state index in [1.54, 1.807) is 6.20 Å². The third-order valence-corrected chi connectivity index (χ3v) is 7.53. The van der Waals surface area contributed by atoms with E-state index in [0.29, 0.717) is 21.8 Å². The van der Waals surface area contributed by atoms with Gasteiger partial charge in [-0.2, -0.15) is 0 Å². The smallest absolute Gasteiger partial charge is 0.278 e. The van der Waals surface area contributed by atoms with Crippen LogP contribution in [0.2, 0.25) is 0 Å². The molecule has 0 radical (unpaired) electrons. The monoisotopic (exact) mass is 472 g/mol. The third kappa shape index (κ3) is 5.77. The van der Waals surface area contributed by atoms with Crippen LogP contribution in [0.4, 0.5) is 0 Å². The Morgan fingerprint density at radius 1 is 0.938 bits per heavy atom. The number of hydrogen-bond acceptors (Lipinski definition) is 5. The average molecular weight is 473 g/mol. The molecule has 3 rings (SSSR count). The van der Waals surface area contributed by atoms with Gasteiger partial charge in [0.25, 0.3) is 5.19 Å². The van der Waals surface area contributed by atoms with Gasteiger partial charge in [0, 0.05) is 18.1 Å². The summed E-state index contributed by atoms with van der Waals surface area (Å²) < 4.78 is 35.4. The number of hydrogen-bond donors (Lipinski definition) is 1. The zero-order chi connectivity index (χ0) is 23.5. The van der Waals surface area contributed by atoms with Gasteiger partial charge in [0.1, 0.15) is 5.75 Å². The van der Waals surface area contributed by atoms with Gasteiger partial charge in [0.05, 0.1) is 4.90 Å². The SMILES string of the molecule is CC(C)c1cc(C(C)C)c(S(=O)(=O)NCc2ccc(Oc3nccs3)cc2)c(C(C)C)c1. The Balaban J connectivity index is 1.86. The number of aromatic nitrogens is 1. The molecule has 0 aliphatic carbocycles. The second kappa shape index (κ2) is 10.1. The van der Waals surface area contributed by atoms with Crippen molar-refractivity contribution >= 4 is 21.4 Å². The normalized spacial score (nSPS) is 12.2. The minimum Gasteiger partial charge on any atom is -0.431 e. The second-order valence-electron chi connectivity index (χ2n) is 8.86. The van der Waals surface area contributed by atoms with Gasteiger partial charge < -0.3 is 4.74 Å². The van der Waals surface area contributed by atoms with Gasteiger partial charge in [-0.05, 0) is 52.1 Å². The molecule has 0 saturated carbocycles. The molecule has 0 spiro atoms. The number of thiazole rings is 1. The van der Waals surface area contributed by atoms with E-state index in [-0.39, 0.29) is 18.4 Å². The molecule has 32 heavy (non-hydrogen) atoms. The molecule has 1 N–H and O–H groups in total. The van der Waals surface area contributed by atoms with Crippen LogP contribution in [-0.4, -0.2) is 13.4 Å². The van der Waals surface area contributed by atoms with Crippen LogP contribution in [0, 0.1) is 0 Å². The number of nitrogens with zero attached hydrogens (tertiary/aromatic N) is 1. The fourth-order valence-corrected chi connectivity index (χ4v) is 5.70. The number of sulfonamides is 1. The summed E-state index contributed by atoms with van der Waals surface area (Å²) in [7, 11) is -3.69. The van der Waals surface area contributed by atoms with E-state index in [1.807, 2.05) is 57.3 Å². The van der Waals surface area contributed by atoms with Crippen molar-refractivity contribution in [3.05, 3.63) is 70.2 Å². The predicted molar refractivity (Wildman–Crippen MR) is 131 cm³/mol. The molecule has 0 saturated heterocycles. The van der Waals surface area contributed by atoms with Gasteiger partial charge >= 0.3 is 0 Å². The molecule has 1 heterocycles. The summed E-state index contributed by atoms with van der Waals surface area (Å²) in [6, 6.07) is 11.5. The largest absolute Gasteiger partial charge is 0.431 e. The van der Waals surface area contributed by atoms with Crippen molar-refractivity contribution in [2.24, 2.45) is 0 Å². The third-order valence-electron chi connectivity index (χ3n) is 5.35. The zero-order valence-electron chi connectivity index (χ0n) is 19.5. The topological polar surface area (TPSA) is 68.3 Å². The summed E-state index contributed by atoms with van der Waals surface area (Å²) >= 11 is 1.42. The highest BCUT2D eigenvalue weighted by molar-refractivity contribution is 7.89. The first kappa shape index (κ1) is 24.4. The average Bonchev–Trinajstić information content (AvgIpc) is 3.25. The predicted octanol–water partition coefficient (Wildman–Crippen LogP) is 6.78. The Bertz CT molecular complexity index is 1110. The van der Waals surface area contributed by atoms with Crippen LogP contribution in [-0.2, 0) is 16.6 Å². The van der Waals surface area contributed by atoms with Crippen LogP contribution in [0.1, 0.15) is 81.5 Å². The second-order valence-corrected chi connectivity index (χ2v) is 11.4. The molecule has 0 bridgehead atoms. The van der Waals surface area contributed by atoms with Crippen molar-refractivity contribution in [3.63, 3.8) is 0 Å². The van der Waals surface area contributed by atoms with E-state index >= 15 is 0 Å². The van der Waals surface area contributed by atoms with Crippen molar-refractivity contribution in [3.8, 4) is 10.9 Å². The quantitative estimate of drug-likeness (QED) is 0.372. The molecular weight excluding hydrogens is 440 g/mol. The molecule has 0 fully saturated rings. The molecule has 0 unspecified atom stereocenters. The number of nitrogens with one attached hydrogen (secondary N) is 1. The molecule has 172 valence electrons. The molecule has 0 atom stereocenters. The molecule has 0 amide bonds. The van der Waals surface area contributed by atoms with Gasteiger partial charge in [0.2, 0.25) is 10.0 Å². The lowest BCUT2D eigenvalue weighted by molar-refractivity contribution is 0.478. The zero-order valence-corrected chi connectivity index (χ0v) is 21.2. The lowest BCUT2D eigenvalue weighted by Crippen LogP contribution is -2.26. The molecule has 2 aromatic carbocycles. The number of benzene rings is 2. The van der Waals surface area contributed by atoms with Gasteiger partial charge in [-0.1, -0.05) is 77.1 Å². The maximum Gasteiger partial charge on any atom is 0.278 e. The minimum atomic E-state index is -3.69. The summed E-state index contributed by atoms with van der Waals surface area (Å²) in [4.78, 5) is 4.53.